The zero-order valence-corrected chi connectivity index (χ0v) is 44.1. The molecule has 0 aromatic rings. The predicted molar refractivity (Wildman–Crippen MR) is 287 cm³/mol. The molecule has 0 heterocycles. The SMILES string of the molecule is CCCCCCCCCCCCCC/C=C\CCCCCCCCCCCCCC(O)CC(=O)NC(CO)C(O)/C=C/CCCCCCCCCCCCCCCCCCCCCCC. The van der Waals surface area contributed by atoms with Gasteiger partial charge in [-0.15, -0.1) is 0 Å². The van der Waals surface area contributed by atoms with Crippen molar-refractivity contribution >= 4 is 5.91 Å². The average molecular weight is 917 g/mol. The van der Waals surface area contributed by atoms with Crippen LogP contribution in [0.1, 0.15) is 328 Å². The topological polar surface area (TPSA) is 89.8 Å². The van der Waals surface area contributed by atoms with Gasteiger partial charge in [0.15, 0.2) is 0 Å². The Bertz CT molecular complexity index is 967. The molecule has 3 atom stereocenters. The molecule has 65 heavy (non-hydrogen) atoms. The third-order valence-electron chi connectivity index (χ3n) is 14.0. The van der Waals surface area contributed by atoms with Gasteiger partial charge in [0.2, 0.25) is 5.91 Å². The first-order valence-electron chi connectivity index (χ1n) is 29.6. The number of carbonyl (C=O) groups excluding carboxylic acids is 1. The number of amides is 1. The Morgan fingerprint density at radius 3 is 0.938 bits per heavy atom. The fraction of sp³-hybridized carbons (Fsp3) is 0.917. The molecule has 0 saturated carbocycles. The van der Waals surface area contributed by atoms with Crippen molar-refractivity contribution in [1.82, 2.24) is 5.32 Å². The maximum absolute atomic E-state index is 12.5. The molecule has 5 heteroatoms. The number of nitrogens with one attached hydrogen (secondary N) is 1. The third-order valence-corrected chi connectivity index (χ3v) is 14.0. The summed E-state index contributed by atoms with van der Waals surface area (Å²) in [6.07, 6.45) is 70.9. The number of aliphatic hydroxyl groups is 3. The van der Waals surface area contributed by atoms with Gasteiger partial charge in [-0.05, 0) is 44.9 Å². The fourth-order valence-electron chi connectivity index (χ4n) is 9.46. The van der Waals surface area contributed by atoms with Crippen LogP contribution in [0.4, 0.5) is 0 Å². The second-order valence-corrected chi connectivity index (χ2v) is 20.6. The first kappa shape index (κ1) is 63.8. The van der Waals surface area contributed by atoms with Gasteiger partial charge in [0.05, 0.1) is 31.3 Å². The van der Waals surface area contributed by atoms with E-state index in [9.17, 15) is 20.1 Å². The van der Waals surface area contributed by atoms with E-state index in [0.717, 1.165) is 25.7 Å². The lowest BCUT2D eigenvalue weighted by atomic mass is 10.0. The van der Waals surface area contributed by atoms with E-state index in [1.54, 1.807) is 6.08 Å². The molecule has 0 aromatic carbocycles. The van der Waals surface area contributed by atoms with Gasteiger partial charge in [0, 0.05) is 0 Å². The summed E-state index contributed by atoms with van der Waals surface area (Å²) in [5.74, 6) is -0.310. The van der Waals surface area contributed by atoms with Gasteiger partial charge >= 0.3 is 0 Å². The molecular formula is C60H117NO4. The Labute approximate surface area is 407 Å². The smallest absolute Gasteiger partial charge is 0.222 e. The van der Waals surface area contributed by atoms with Crippen LogP contribution in [-0.4, -0.2) is 46.1 Å². The van der Waals surface area contributed by atoms with Crippen molar-refractivity contribution in [3.63, 3.8) is 0 Å². The number of allylic oxidation sites excluding steroid dienone is 3. The summed E-state index contributed by atoms with van der Waals surface area (Å²) in [5, 5.41) is 33.5. The van der Waals surface area contributed by atoms with E-state index in [-0.39, 0.29) is 18.9 Å². The second kappa shape index (κ2) is 55.4. The Morgan fingerprint density at radius 2 is 0.646 bits per heavy atom. The van der Waals surface area contributed by atoms with Crippen LogP contribution in [0.3, 0.4) is 0 Å². The molecule has 0 fully saturated rings. The molecule has 0 aliphatic heterocycles. The summed E-state index contributed by atoms with van der Waals surface area (Å²) < 4.78 is 0. The first-order chi connectivity index (χ1) is 32.0. The molecule has 0 aliphatic carbocycles. The maximum Gasteiger partial charge on any atom is 0.222 e. The molecule has 0 aromatic heterocycles. The van der Waals surface area contributed by atoms with Gasteiger partial charge in [-0.1, -0.05) is 301 Å². The summed E-state index contributed by atoms with van der Waals surface area (Å²) in [7, 11) is 0. The van der Waals surface area contributed by atoms with E-state index in [2.05, 4.69) is 31.3 Å². The van der Waals surface area contributed by atoms with Crippen LogP contribution in [0.15, 0.2) is 24.3 Å². The minimum Gasteiger partial charge on any atom is -0.394 e. The monoisotopic (exact) mass is 916 g/mol. The third kappa shape index (κ3) is 52.1. The highest BCUT2D eigenvalue weighted by Crippen LogP contribution is 2.18. The predicted octanol–water partition coefficient (Wildman–Crippen LogP) is 18.5. The minimum atomic E-state index is -0.929. The van der Waals surface area contributed by atoms with Crippen LogP contribution in [0.2, 0.25) is 0 Å². The van der Waals surface area contributed by atoms with Crippen molar-refractivity contribution in [1.29, 1.82) is 0 Å². The lowest BCUT2D eigenvalue weighted by Gasteiger charge is -2.21. The first-order valence-corrected chi connectivity index (χ1v) is 29.6. The number of hydrogen-bond donors (Lipinski definition) is 4. The highest BCUT2D eigenvalue weighted by Gasteiger charge is 2.20. The molecule has 386 valence electrons. The van der Waals surface area contributed by atoms with Crippen molar-refractivity contribution in [3.8, 4) is 0 Å². The van der Waals surface area contributed by atoms with Crippen LogP contribution in [0.5, 0.6) is 0 Å². The molecule has 0 saturated heterocycles. The highest BCUT2D eigenvalue weighted by atomic mass is 16.3. The summed E-state index contributed by atoms with van der Waals surface area (Å²) in [5.41, 5.74) is 0. The molecule has 4 N–H and O–H groups in total. The van der Waals surface area contributed by atoms with Crippen molar-refractivity contribution < 1.29 is 20.1 Å². The highest BCUT2D eigenvalue weighted by molar-refractivity contribution is 5.76. The van der Waals surface area contributed by atoms with Crippen LogP contribution < -0.4 is 5.32 Å². The van der Waals surface area contributed by atoms with Gasteiger partial charge in [-0.2, -0.15) is 0 Å². The second-order valence-electron chi connectivity index (χ2n) is 20.6. The number of hydrogen-bond acceptors (Lipinski definition) is 4. The summed E-state index contributed by atoms with van der Waals surface area (Å²) in [4.78, 5) is 12.5. The Balaban J connectivity index is 3.54. The van der Waals surface area contributed by atoms with Crippen molar-refractivity contribution in [2.45, 2.75) is 347 Å². The molecule has 1 amide bonds. The molecule has 0 radical (unpaired) electrons. The molecule has 3 unspecified atom stereocenters. The molecular weight excluding hydrogens is 799 g/mol. The van der Waals surface area contributed by atoms with Crippen molar-refractivity contribution in [2.75, 3.05) is 6.61 Å². The number of aliphatic hydroxyl groups excluding tert-OH is 3. The van der Waals surface area contributed by atoms with E-state index >= 15 is 0 Å². The minimum absolute atomic E-state index is 0.0160. The normalized spacial score (nSPS) is 13.4. The Morgan fingerprint density at radius 1 is 0.385 bits per heavy atom. The van der Waals surface area contributed by atoms with Crippen LogP contribution >= 0.6 is 0 Å². The lowest BCUT2D eigenvalue weighted by molar-refractivity contribution is -0.124. The maximum atomic E-state index is 12.5. The summed E-state index contributed by atoms with van der Waals surface area (Å²) >= 11 is 0. The summed E-state index contributed by atoms with van der Waals surface area (Å²) in [6.45, 7) is 4.26. The molecule has 0 rings (SSSR count). The van der Waals surface area contributed by atoms with Crippen LogP contribution in [0, 0.1) is 0 Å². The van der Waals surface area contributed by atoms with Crippen LogP contribution in [-0.2, 0) is 4.79 Å². The van der Waals surface area contributed by atoms with E-state index < -0.39 is 18.2 Å². The van der Waals surface area contributed by atoms with E-state index in [1.807, 2.05) is 6.08 Å². The molecule has 5 nitrogen and oxygen atoms in total. The Hall–Kier alpha value is -1.17. The van der Waals surface area contributed by atoms with E-state index in [1.165, 1.54) is 276 Å². The Kier molecular flexibility index (Phi) is 54.4. The zero-order chi connectivity index (χ0) is 47.2. The van der Waals surface area contributed by atoms with Gasteiger partial charge < -0.3 is 20.6 Å². The fourth-order valence-corrected chi connectivity index (χ4v) is 9.46. The van der Waals surface area contributed by atoms with Gasteiger partial charge in [-0.3, -0.25) is 4.79 Å². The number of unbranched alkanes of at least 4 members (excludes halogenated alkanes) is 44. The zero-order valence-electron chi connectivity index (χ0n) is 44.1. The van der Waals surface area contributed by atoms with Crippen molar-refractivity contribution in [2.24, 2.45) is 0 Å². The number of carbonyl (C=O) groups is 1. The van der Waals surface area contributed by atoms with Crippen molar-refractivity contribution in [3.05, 3.63) is 24.3 Å². The molecule has 0 aliphatic rings. The van der Waals surface area contributed by atoms with Gasteiger partial charge in [0.1, 0.15) is 0 Å². The van der Waals surface area contributed by atoms with E-state index in [0.29, 0.717) is 6.42 Å². The summed E-state index contributed by atoms with van der Waals surface area (Å²) in [6, 6.07) is -0.744. The molecule has 0 spiro atoms. The number of rotatable bonds is 55. The average Bonchev–Trinajstić information content (AvgIpc) is 3.30. The van der Waals surface area contributed by atoms with Gasteiger partial charge in [-0.25, -0.2) is 0 Å². The lowest BCUT2D eigenvalue weighted by Crippen LogP contribution is -2.45. The van der Waals surface area contributed by atoms with E-state index in [4.69, 9.17) is 0 Å². The quantitative estimate of drug-likeness (QED) is 0.0361. The van der Waals surface area contributed by atoms with Crippen LogP contribution in [0.25, 0.3) is 0 Å². The molecule has 0 bridgehead atoms. The van der Waals surface area contributed by atoms with Gasteiger partial charge in [0.25, 0.3) is 0 Å². The standard InChI is InChI=1S/C60H117NO4/c1-3-5-7-9-11-13-15-17-19-21-23-25-27-28-29-30-32-33-35-37-39-41-43-45-47-49-51-53-57(63)55-60(65)61-58(56-62)59(64)54-52-50-48-46-44-42-40-38-36-34-31-26-24-22-20-18-16-14-12-10-8-6-4-2/h28-29,52,54,57-59,62-64H,3-27,30-51,53,55-56H2,1-2H3,(H,61,65)/b29-28-,54-52+. The largest absolute Gasteiger partial charge is 0.394 e.